The number of aromatic nitrogens is 2. The highest BCUT2D eigenvalue weighted by Gasteiger charge is 2.34. The molecule has 7 nitrogen and oxygen atoms in total. The molecule has 2 heterocycles. The first kappa shape index (κ1) is 22.5. The van der Waals surface area contributed by atoms with Gasteiger partial charge in [0.2, 0.25) is 11.8 Å². The number of hydrogen-bond acceptors (Lipinski definition) is 7. The van der Waals surface area contributed by atoms with Crippen LogP contribution >= 0.6 is 11.8 Å². The Morgan fingerprint density at radius 1 is 1.12 bits per heavy atom. The molecule has 0 spiro atoms. The van der Waals surface area contributed by atoms with Crippen molar-refractivity contribution in [1.29, 1.82) is 0 Å². The lowest BCUT2D eigenvalue weighted by molar-refractivity contribution is -0.130. The van der Waals surface area contributed by atoms with Gasteiger partial charge in [-0.2, -0.15) is 0 Å². The fraction of sp³-hybridized carbons (Fsp3) is 0.348. The topological polar surface area (TPSA) is 93.4 Å². The van der Waals surface area contributed by atoms with E-state index < -0.39 is 9.84 Å². The van der Waals surface area contributed by atoms with Crippen LogP contribution in [0.1, 0.15) is 23.1 Å². The summed E-state index contributed by atoms with van der Waals surface area (Å²) in [4.78, 5) is 14.8. The van der Waals surface area contributed by atoms with Crippen molar-refractivity contribution in [2.75, 3.05) is 17.3 Å². The average molecular weight is 472 g/mol. The second kappa shape index (κ2) is 9.46. The lowest BCUT2D eigenvalue weighted by atomic mass is 10.1. The molecule has 1 atom stereocenters. The molecule has 0 bridgehead atoms. The molecule has 1 fully saturated rings. The number of rotatable bonds is 7. The molecule has 3 aromatic rings. The van der Waals surface area contributed by atoms with Gasteiger partial charge in [0, 0.05) is 18.2 Å². The van der Waals surface area contributed by atoms with E-state index in [1.54, 1.807) is 4.90 Å². The highest BCUT2D eigenvalue weighted by atomic mass is 32.2. The van der Waals surface area contributed by atoms with Crippen LogP contribution in [0.25, 0.3) is 11.5 Å². The summed E-state index contributed by atoms with van der Waals surface area (Å²) in [5.41, 5.74) is 4.11. The largest absolute Gasteiger partial charge is 0.411 e. The van der Waals surface area contributed by atoms with Crippen LogP contribution in [-0.4, -0.2) is 52.7 Å². The number of sulfone groups is 1. The molecule has 9 heteroatoms. The summed E-state index contributed by atoms with van der Waals surface area (Å²) in [7, 11) is -3.11. The van der Waals surface area contributed by atoms with Crippen LogP contribution in [-0.2, 0) is 21.2 Å². The van der Waals surface area contributed by atoms with E-state index in [1.165, 1.54) is 17.3 Å². The minimum atomic E-state index is -3.11. The summed E-state index contributed by atoms with van der Waals surface area (Å²) in [5, 5.41) is 8.47. The number of amides is 1. The Morgan fingerprint density at radius 2 is 1.91 bits per heavy atom. The molecule has 168 valence electrons. The molecule has 0 N–H and O–H groups in total. The Balaban J connectivity index is 1.45. The van der Waals surface area contributed by atoms with Gasteiger partial charge in [-0.1, -0.05) is 48.2 Å². The fourth-order valence-electron chi connectivity index (χ4n) is 3.69. The van der Waals surface area contributed by atoms with Crippen LogP contribution < -0.4 is 0 Å². The van der Waals surface area contributed by atoms with Crippen LogP contribution in [0, 0.1) is 13.8 Å². The van der Waals surface area contributed by atoms with Crippen molar-refractivity contribution in [3.05, 3.63) is 65.2 Å². The zero-order valence-corrected chi connectivity index (χ0v) is 19.7. The Labute approximate surface area is 192 Å². The smallest absolute Gasteiger partial charge is 0.277 e. The second-order valence-electron chi connectivity index (χ2n) is 8.02. The summed E-state index contributed by atoms with van der Waals surface area (Å²) in [5.74, 6) is 0.482. The highest BCUT2D eigenvalue weighted by Crippen LogP contribution is 2.26. The third kappa shape index (κ3) is 5.39. The van der Waals surface area contributed by atoms with Gasteiger partial charge in [0.15, 0.2) is 9.84 Å². The van der Waals surface area contributed by atoms with Crippen molar-refractivity contribution >= 4 is 27.5 Å². The number of carbonyl (C=O) groups excluding carboxylic acids is 1. The van der Waals surface area contributed by atoms with E-state index in [9.17, 15) is 13.2 Å². The Morgan fingerprint density at radius 3 is 2.59 bits per heavy atom. The van der Waals surface area contributed by atoms with E-state index in [2.05, 4.69) is 10.2 Å². The van der Waals surface area contributed by atoms with E-state index in [1.807, 2.05) is 62.4 Å². The van der Waals surface area contributed by atoms with E-state index in [0.29, 0.717) is 24.1 Å². The maximum atomic E-state index is 13.1. The Kier molecular flexibility index (Phi) is 6.66. The molecule has 4 rings (SSSR count). The van der Waals surface area contributed by atoms with Crippen LogP contribution in [0.4, 0.5) is 0 Å². The minimum Gasteiger partial charge on any atom is -0.411 e. The van der Waals surface area contributed by atoms with E-state index >= 15 is 0 Å². The number of carbonyl (C=O) groups is 1. The monoisotopic (exact) mass is 471 g/mol. The maximum absolute atomic E-state index is 13.1. The standard InChI is InChI=1S/C23H25N3O4S2/c1-16-8-9-19(12-17(16)2)22-24-25-23(30-22)31-14-21(27)26(13-18-6-4-3-5-7-18)20-10-11-32(28,29)15-20/h3-9,12,20H,10-11,13-15H2,1-2H3/t20-/m0/s1. The summed E-state index contributed by atoms with van der Waals surface area (Å²) in [6.07, 6.45) is 0.461. The van der Waals surface area contributed by atoms with E-state index in [-0.39, 0.29) is 29.2 Å². The van der Waals surface area contributed by atoms with Crippen LogP contribution in [0.3, 0.4) is 0 Å². The molecule has 2 aromatic carbocycles. The van der Waals surface area contributed by atoms with Gasteiger partial charge in [0.05, 0.1) is 17.3 Å². The van der Waals surface area contributed by atoms with E-state index in [0.717, 1.165) is 16.7 Å². The highest BCUT2D eigenvalue weighted by molar-refractivity contribution is 7.99. The minimum absolute atomic E-state index is 0.00766. The zero-order valence-electron chi connectivity index (χ0n) is 18.0. The maximum Gasteiger partial charge on any atom is 0.277 e. The van der Waals surface area contributed by atoms with E-state index in [4.69, 9.17) is 4.42 Å². The molecule has 0 radical (unpaired) electrons. The number of nitrogens with zero attached hydrogens (tertiary/aromatic N) is 3. The summed E-state index contributed by atoms with van der Waals surface area (Å²) >= 11 is 1.17. The Hall–Kier alpha value is -2.65. The fourth-order valence-corrected chi connectivity index (χ4v) is 6.07. The molecule has 0 aliphatic carbocycles. The molecular formula is C23H25N3O4S2. The van der Waals surface area contributed by atoms with Crippen molar-refractivity contribution in [3.63, 3.8) is 0 Å². The van der Waals surface area contributed by atoms with Crippen LogP contribution in [0.2, 0.25) is 0 Å². The number of thioether (sulfide) groups is 1. The van der Waals surface area contributed by atoms with Gasteiger partial charge in [-0.15, -0.1) is 10.2 Å². The second-order valence-corrected chi connectivity index (χ2v) is 11.2. The molecule has 0 unspecified atom stereocenters. The van der Waals surface area contributed by atoms with Gasteiger partial charge >= 0.3 is 0 Å². The molecule has 1 saturated heterocycles. The molecule has 1 aliphatic heterocycles. The summed E-state index contributed by atoms with van der Waals surface area (Å²) in [6.45, 7) is 4.43. The summed E-state index contributed by atoms with van der Waals surface area (Å²) in [6, 6.07) is 15.2. The molecule has 1 aromatic heterocycles. The van der Waals surface area contributed by atoms with Gasteiger partial charge in [-0.05, 0) is 49.1 Å². The van der Waals surface area contributed by atoms with Gasteiger partial charge in [-0.25, -0.2) is 8.42 Å². The normalized spacial score (nSPS) is 17.4. The van der Waals surface area contributed by atoms with Crippen molar-refractivity contribution in [3.8, 4) is 11.5 Å². The van der Waals surface area contributed by atoms with Gasteiger partial charge in [0.25, 0.3) is 5.22 Å². The van der Waals surface area contributed by atoms with Crippen LogP contribution in [0.5, 0.6) is 0 Å². The first-order valence-electron chi connectivity index (χ1n) is 10.4. The molecular weight excluding hydrogens is 446 g/mol. The number of hydrogen-bond donors (Lipinski definition) is 0. The molecule has 1 aliphatic rings. The molecule has 1 amide bonds. The number of aryl methyl sites for hydroxylation is 2. The zero-order chi connectivity index (χ0) is 22.7. The van der Waals surface area contributed by atoms with Crippen LogP contribution in [0.15, 0.2) is 58.2 Å². The third-order valence-corrected chi connectivity index (χ3v) is 8.20. The predicted octanol–water partition coefficient (Wildman–Crippen LogP) is 3.66. The van der Waals surface area contributed by atoms with Crippen molar-refractivity contribution < 1.29 is 17.6 Å². The van der Waals surface area contributed by atoms with Crippen molar-refractivity contribution in [1.82, 2.24) is 15.1 Å². The van der Waals surface area contributed by atoms with Gasteiger partial charge < -0.3 is 9.32 Å². The van der Waals surface area contributed by atoms with Gasteiger partial charge in [0.1, 0.15) is 0 Å². The number of benzene rings is 2. The predicted molar refractivity (Wildman–Crippen MR) is 124 cm³/mol. The first-order chi connectivity index (χ1) is 15.3. The lowest BCUT2D eigenvalue weighted by Crippen LogP contribution is -2.41. The van der Waals surface area contributed by atoms with Gasteiger partial charge in [-0.3, -0.25) is 4.79 Å². The summed E-state index contributed by atoms with van der Waals surface area (Å²) < 4.78 is 29.8. The van der Waals surface area contributed by atoms with Crippen molar-refractivity contribution in [2.24, 2.45) is 0 Å². The lowest BCUT2D eigenvalue weighted by Gasteiger charge is -2.28. The SMILES string of the molecule is Cc1ccc(-c2nnc(SCC(=O)N(Cc3ccccc3)[C@H]3CCS(=O)(=O)C3)o2)cc1C. The molecule has 32 heavy (non-hydrogen) atoms. The first-order valence-corrected chi connectivity index (χ1v) is 13.2. The quantitative estimate of drug-likeness (QED) is 0.486. The molecule has 0 saturated carbocycles. The average Bonchev–Trinajstić information content (AvgIpc) is 3.39. The van der Waals surface area contributed by atoms with Crippen molar-refractivity contribution in [2.45, 2.75) is 38.1 Å². The third-order valence-electron chi connectivity index (χ3n) is 5.64. The Bertz CT molecular complexity index is 1210.